The molecule has 32 heavy (non-hydrogen) atoms. The van der Waals surface area contributed by atoms with E-state index in [-0.39, 0.29) is 6.04 Å². The van der Waals surface area contributed by atoms with Crippen molar-refractivity contribution >= 4 is 27.5 Å². The molecular formula is C29H25BrN2. The van der Waals surface area contributed by atoms with E-state index in [4.69, 9.17) is 4.99 Å². The number of amidine groups is 1. The largest absolute Gasteiger partial charge is 0.340 e. The molecule has 0 aliphatic carbocycles. The molecule has 4 rings (SSSR count). The third-order valence-corrected chi connectivity index (χ3v) is 5.86. The summed E-state index contributed by atoms with van der Waals surface area (Å²) in [7, 11) is 0. The molecule has 0 bridgehead atoms. The van der Waals surface area contributed by atoms with Gasteiger partial charge in [0.15, 0.2) is 0 Å². The summed E-state index contributed by atoms with van der Waals surface area (Å²) in [6.45, 7) is 6.35. The lowest BCUT2D eigenvalue weighted by Gasteiger charge is -2.16. The zero-order chi connectivity index (χ0) is 22.3. The molecule has 158 valence electrons. The molecule has 4 aromatic rings. The summed E-state index contributed by atoms with van der Waals surface area (Å²) in [6, 6.07) is 37.3. The zero-order valence-corrected chi connectivity index (χ0v) is 19.6. The molecule has 0 fully saturated rings. The van der Waals surface area contributed by atoms with Crippen LogP contribution in [0.5, 0.6) is 0 Å². The van der Waals surface area contributed by atoms with Crippen molar-refractivity contribution in [1.82, 2.24) is 5.32 Å². The van der Waals surface area contributed by atoms with Crippen LogP contribution in [0.4, 0.5) is 0 Å². The van der Waals surface area contributed by atoms with E-state index in [1.165, 1.54) is 11.1 Å². The number of nitrogens with one attached hydrogen (secondary N) is 1. The molecular weight excluding hydrogens is 456 g/mol. The Balaban J connectivity index is 1.66. The predicted octanol–water partition coefficient (Wildman–Crippen LogP) is 7.88. The van der Waals surface area contributed by atoms with E-state index in [9.17, 15) is 0 Å². The maximum absolute atomic E-state index is 5.04. The van der Waals surface area contributed by atoms with Crippen LogP contribution in [0.3, 0.4) is 0 Å². The first-order valence-electron chi connectivity index (χ1n) is 10.6. The fourth-order valence-corrected chi connectivity index (χ4v) is 3.76. The molecule has 1 atom stereocenters. The molecule has 0 aromatic heterocycles. The highest BCUT2D eigenvalue weighted by atomic mass is 79.9. The monoisotopic (exact) mass is 480 g/mol. The van der Waals surface area contributed by atoms with Crippen molar-refractivity contribution in [1.29, 1.82) is 0 Å². The molecule has 0 aliphatic heterocycles. The topological polar surface area (TPSA) is 24.4 Å². The highest BCUT2D eigenvalue weighted by molar-refractivity contribution is 9.10. The van der Waals surface area contributed by atoms with Crippen LogP contribution >= 0.6 is 15.9 Å². The summed E-state index contributed by atoms with van der Waals surface area (Å²) in [6.07, 6.45) is 0. The van der Waals surface area contributed by atoms with Gasteiger partial charge in [0.25, 0.3) is 0 Å². The van der Waals surface area contributed by atoms with Gasteiger partial charge >= 0.3 is 0 Å². The fourth-order valence-electron chi connectivity index (χ4n) is 3.49. The highest BCUT2D eigenvalue weighted by Gasteiger charge is 2.11. The fraction of sp³-hybridized carbons (Fsp3) is 0.0690. The van der Waals surface area contributed by atoms with Crippen molar-refractivity contribution in [3.8, 4) is 11.1 Å². The average molecular weight is 481 g/mol. The summed E-state index contributed by atoms with van der Waals surface area (Å²) < 4.78 is 1.06. The van der Waals surface area contributed by atoms with Gasteiger partial charge in [0, 0.05) is 15.7 Å². The van der Waals surface area contributed by atoms with Crippen molar-refractivity contribution in [2.75, 3.05) is 0 Å². The van der Waals surface area contributed by atoms with Crippen LogP contribution in [-0.4, -0.2) is 5.84 Å². The van der Waals surface area contributed by atoms with E-state index in [1.807, 2.05) is 48.5 Å². The first-order chi connectivity index (χ1) is 15.6. The normalized spacial score (nSPS) is 12.2. The van der Waals surface area contributed by atoms with E-state index in [1.54, 1.807) is 0 Å². The number of aliphatic imine (C=N–C) groups is 1. The number of benzene rings is 4. The second-order valence-electron chi connectivity index (χ2n) is 7.62. The molecule has 0 spiro atoms. The van der Waals surface area contributed by atoms with Gasteiger partial charge in [-0.1, -0.05) is 120 Å². The van der Waals surface area contributed by atoms with Crippen molar-refractivity contribution in [3.05, 3.63) is 137 Å². The zero-order valence-electron chi connectivity index (χ0n) is 18.0. The molecule has 4 aromatic carbocycles. The number of hydrogen-bond acceptors (Lipinski definition) is 1. The number of halogens is 1. The van der Waals surface area contributed by atoms with Crippen molar-refractivity contribution in [2.24, 2.45) is 4.99 Å². The molecule has 0 saturated carbocycles. The lowest BCUT2D eigenvalue weighted by Crippen LogP contribution is -2.23. The van der Waals surface area contributed by atoms with Gasteiger partial charge in [0.05, 0.1) is 6.04 Å². The third-order valence-electron chi connectivity index (χ3n) is 5.33. The van der Waals surface area contributed by atoms with Gasteiger partial charge in [-0.3, -0.25) is 4.99 Å². The Morgan fingerprint density at radius 1 is 0.719 bits per heavy atom. The Kier molecular flexibility index (Phi) is 6.98. The Morgan fingerprint density at radius 3 is 1.91 bits per heavy atom. The standard InChI is InChI=1S/C29H25BrN2/c1-21(23-9-5-3-6-10-23)31-29(32-22(2)24-17-19-28(30)20-18-24)27-15-13-26(14-16-27)25-11-7-4-8-12-25/h3-20,22H,1H2,2H3,(H,31,32). The Labute approximate surface area is 198 Å². The van der Waals surface area contributed by atoms with E-state index >= 15 is 0 Å². The SMILES string of the molecule is C=C(NC(=NC(C)c1ccc(Br)cc1)c1ccc(-c2ccccc2)cc1)c1ccccc1. The van der Waals surface area contributed by atoms with Crippen LogP contribution in [0.15, 0.2) is 125 Å². The van der Waals surface area contributed by atoms with Gasteiger partial charge in [-0.25, -0.2) is 0 Å². The van der Waals surface area contributed by atoms with E-state index in [0.717, 1.165) is 32.7 Å². The van der Waals surface area contributed by atoms with Gasteiger partial charge in [-0.05, 0) is 41.3 Å². The minimum Gasteiger partial charge on any atom is -0.340 e. The molecule has 0 amide bonds. The summed E-state index contributed by atoms with van der Waals surface area (Å²) in [5.74, 6) is 0.800. The van der Waals surface area contributed by atoms with Crippen LogP contribution in [-0.2, 0) is 0 Å². The molecule has 3 heteroatoms. The van der Waals surface area contributed by atoms with Crippen molar-refractivity contribution in [3.63, 3.8) is 0 Å². The number of rotatable bonds is 6. The van der Waals surface area contributed by atoms with Crippen LogP contribution in [0.2, 0.25) is 0 Å². The minimum atomic E-state index is -0.0111. The summed E-state index contributed by atoms with van der Waals surface area (Å²) in [5, 5.41) is 3.47. The highest BCUT2D eigenvalue weighted by Crippen LogP contribution is 2.23. The molecule has 2 nitrogen and oxygen atoms in total. The maximum Gasteiger partial charge on any atom is 0.133 e. The minimum absolute atomic E-state index is 0.0111. The van der Waals surface area contributed by atoms with Crippen molar-refractivity contribution in [2.45, 2.75) is 13.0 Å². The second-order valence-corrected chi connectivity index (χ2v) is 8.53. The van der Waals surface area contributed by atoms with Crippen molar-refractivity contribution < 1.29 is 0 Å². The first kappa shape index (κ1) is 21.8. The van der Waals surface area contributed by atoms with E-state index in [0.29, 0.717) is 0 Å². The van der Waals surface area contributed by atoms with Crippen LogP contribution in [0, 0.1) is 0 Å². The van der Waals surface area contributed by atoms with Gasteiger partial charge in [0.1, 0.15) is 5.84 Å². The van der Waals surface area contributed by atoms with E-state index in [2.05, 4.69) is 95.4 Å². The molecule has 1 unspecified atom stereocenters. The molecule has 0 aliphatic rings. The van der Waals surface area contributed by atoms with E-state index < -0.39 is 0 Å². The van der Waals surface area contributed by atoms with Crippen LogP contribution in [0.25, 0.3) is 16.8 Å². The number of nitrogens with zero attached hydrogens (tertiary/aromatic N) is 1. The van der Waals surface area contributed by atoms with Gasteiger partial charge in [-0.15, -0.1) is 0 Å². The number of hydrogen-bond donors (Lipinski definition) is 1. The molecule has 0 saturated heterocycles. The Morgan fingerprint density at radius 2 is 1.28 bits per heavy atom. The maximum atomic E-state index is 5.04. The van der Waals surface area contributed by atoms with Crippen LogP contribution in [0.1, 0.15) is 29.7 Å². The van der Waals surface area contributed by atoms with Gasteiger partial charge in [-0.2, -0.15) is 0 Å². The summed E-state index contributed by atoms with van der Waals surface area (Å²) >= 11 is 3.51. The first-order valence-corrected chi connectivity index (χ1v) is 11.4. The quantitative estimate of drug-likeness (QED) is 0.220. The Hall–Kier alpha value is -3.43. The van der Waals surface area contributed by atoms with Crippen LogP contribution < -0.4 is 5.32 Å². The summed E-state index contributed by atoms with van der Waals surface area (Å²) in [4.78, 5) is 5.04. The lowest BCUT2D eigenvalue weighted by atomic mass is 10.0. The molecule has 1 N–H and O–H groups in total. The van der Waals surface area contributed by atoms with Gasteiger partial charge in [0.2, 0.25) is 0 Å². The Bertz CT molecular complexity index is 1200. The summed E-state index contributed by atoms with van der Waals surface area (Å²) in [5.41, 5.74) is 6.40. The molecule has 0 radical (unpaired) electrons. The average Bonchev–Trinajstić information content (AvgIpc) is 2.85. The second kappa shape index (κ2) is 10.3. The smallest absolute Gasteiger partial charge is 0.133 e. The lowest BCUT2D eigenvalue weighted by molar-refractivity contribution is 0.814. The third kappa shape index (κ3) is 5.43. The van der Waals surface area contributed by atoms with Gasteiger partial charge < -0.3 is 5.32 Å². The predicted molar refractivity (Wildman–Crippen MR) is 140 cm³/mol. The molecule has 0 heterocycles.